The zero-order valence-electron chi connectivity index (χ0n) is 20.7. The number of alkyl carbamates (subject to hydrolysis) is 1. The van der Waals surface area contributed by atoms with E-state index in [-0.39, 0.29) is 18.5 Å². The van der Waals surface area contributed by atoms with Crippen LogP contribution in [-0.4, -0.2) is 72.7 Å². The second-order valence-electron chi connectivity index (χ2n) is 9.33. The van der Waals surface area contributed by atoms with Gasteiger partial charge in [-0.3, -0.25) is 4.79 Å². The number of aromatic nitrogens is 1. The summed E-state index contributed by atoms with van der Waals surface area (Å²) in [5, 5.41) is 5.89. The summed E-state index contributed by atoms with van der Waals surface area (Å²) in [5.74, 6) is -0.138. The maximum atomic E-state index is 12.7. The summed E-state index contributed by atoms with van der Waals surface area (Å²) in [6, 6.07) is 2.83. The number of carbonyl (C=O) groups is 2. The summed E-state index contributed by atoms with van der Waals surface area (Å²) in [5.41, 5.74) is 0.669. The van der Waals surface area contributed by atoms with Gasteiger partial charge in [-0.1, -0.05) is 6.07 Å². The minimum Gasteiger partial charge on any atom is -0.444 e. The molecule has 0 bridgehead atoms. The Morgan fingerprint density at radius 2 is 1.85 bits per heavy atom. The third kappa shape index (κ3) is 7.45. The van der Waals surface area contributed by atoms with Crippen molar-refractivity contribution in [3.63, 3.8) is 0 Å². The predicted molar refractivity (Wildman–Crippen MR) is 127 cm³/mol. The van der Waals surface area contributed by atoms with Gasteiger partial charge in [0.05, 0.1) is 10.9 Å². The third-order valence-electron chi connectivity index (χ3n) is 4.96. The van der Waals surface area contributed by atoms with Gasteiger partial charge in [-0.2, -0.15) is 4.98 Å². The van der Waals surface area contributed by atoms with Crippen LogP contribution < -0.4 is 16.3 Å². The molecular weight excluding hydrogens is 426 g/mol. The van der Waals surface area contributed by atoms with Crippen molar-refractivity contribution >= 4 is 28.9 Å². The molecule has 0 saturated carbocycles. The van der Waals surface area contributed by atoms with Gasteiger partial charge >= 0.3 is 11.7 Å². The number of rotatable bonds is 8. The zero-order valence-corrected chi connectivity index (χ0v) is 20.7. The highest BCUT2D eigenvalue weighted by Gasteiger charge is 2.20. The van der Waals surface area contributed by atoms with Gasteiger partial charge < -0.3 is 29.6 Å². The number of carbonyl (C=O) groups excluding carboxylic acids is 2. The monoisotopic (exact) mass is 461 g/mol. The van der Waals surface area contributed by atoms with Gasteiger partial charge in [0.1, 0.15) is 11.6 Å². The number of hydrogen-bond donors (Lipinski definition) is 2. The van der Waals surface area contributed by atoms with E-state index in [4.69, 9.17) is 9.15 Å². The number of nitrogens with one attached hydrogen (secondary N) is 2. The lowest BCUT2D eigenvalue weighted by Crippen LogP contribution is -2.42. The van der Waals surface area contributed by atoms with Gasteiger partial charge in [-0.25, -0.2) is 9.59 Å². The topological polar surface area (TPSA) is 117 Å². The maximum Gasteiger partial charge on any atom is 0.407 e. The second-order valence-corrected chi connectivity index (χ2v) is 9.33. The van der Waals surface area contributed by atoms with Crippen molar-refractivity contribution in [1.82, 2.24) is 20.1 Å². The van der Waals surface area contributed by atoms with Gasteiger partial charge in [0.15, 0.2) is 0 Å². The van der Waals surface area contributed by atoms with Crippen molar-refractivity contribution in [2.45, 2.75) is 52.8 Å². The predicted octanol–water partition coefficient (Wildman–Crippen LogP) is 2.34. The molecular formula is C23H35N5O5. The Balaban J connectivity index is 2.15. The fraction of sp³-hybridized carbons (Fsp3) is 0.565. The molecule has 0 aliphatic carbocycles. The highest BCUT2D eigenvalue weighted by molar-refractivity contribution is 5.85. The molecule has 182 valence electrons. The number of likely N-dealkylation sites (N-methyl/N-ethyl adjacent to an activating group) is 2. The average molecular weight is 462 g/mol. The molecule has 10 nitrogen and oxygen atoms in total. The Labute approximate surface area is 194 Å². The van der Waals surface area contributed by atoms with Gasteiger partial charge in [0.2, 0.25) is 5.91 Å². The number of nitrogens with zero attached hydrogens (tertiary/aromatic N) is 3. The normalized spacial score (nSPS) is 12.5. The first-order valence-electron chi connectivity index (χ1n) is 10.8. The summed E-state index contributed by atoms with van der Waals surface area (Å²) < 4.78 is 10.6. The Morgan fingerprint density at radius 3 is 2.45 bits per heavy atom. The quantitative estimate of drug-likeness (QED) is 0.615. The van der Waals surface area contributed by atoms with Crippen LogP contribution in [0.5, 0.6) is 0 Å². The van der Waals surface area contributed by atoms with Crippen molar-refractivity contribution in [3.8, 4) is 0 Å². The van der Waals surface area contributed by atoms with E-state index in [1.54, 1.807) is 58.7 Å². The molecule has 2 aromatic rings. The number of aryl methyl sites for hydroxylation is 1. The molecule has 0 aliphatic heterocycles. The summed E-state index contributed by atoms with van der Waals surface area (Å²) in [4.78, 5) is 45.2. The molecule has 0 radical (unpaired) electrons. The molecule has 1 aromatic carbocycles. The lowest BCUT2D eigenvalue weighted by Gasteiger charge is -2.23. The smallest absolute Gasteiger partial charge is 0.407 e. The number of fused-ring (bicyclic) bond motifs is 1. The van der Waals surface area contributed by atoms with Crippen LogP contribution in [0.1, 0.15) is 38.8 Å². The van der Waals surface area contributed by atoms with Crippen LogP contribution in [-0.2, 0) is 16.1 Å². The largest absolute Gasteiger partial charge is 0.444 e. The molecule has 0 aliphatic rings. The second kappa shape index (κ2) is 10.7. The molecule has 1 aromatic heterocycles. The number of benzene rings is 1. The summed E-state index contributed by atoms with van der Waals surface area (Å²) in [7, 11) is 5.60. The van der Waals surface area contributed by atoms with E-state index in [9.17, 15) is 14.4 Å². The fourth-order valence-electron chi connectivity index (χ4n) is 3.13. The van der Waals surface area contributed by atoms with E-state index in [1.807, 2.05) is 19.0 Å². The Hall–Kier alpha value is -3.14. The Bertz CT molecular complexity index is 1060. The lowest BCUT2D eigenvalue weighted by atomic mass is 10.0. The minimum absolute atomic E-state index is 0.0200. The van der Waals surface area contributed by atoms with Crippen LogP contribution in [0, 0.1) is 6.92 Å². The van der Waals surface area contributed by atoms with Crippen molar-refractivity contribution in [1.29, 1.82) is 0 Å². The van der Waals surface area contributed by atoms with Crippen LogP contribution in [0.3, 0.4) is 0 Å². The lowest BCUT2D eigenvalue weighted by molar-refractivity contribution is -0.130. The summed E-state index contributed by atoms with van der Waals surface area (Å²) in [6.07, 6.45) is -0.541. The first-order valence-corrected chi connectivity index (χ1v) is 10.8. The molecule has 33 heavy (non-hydrogen) atoms. The van der Waals surface area contributed by atoms with Gasteiger partial charge in [-0.05, 0) is 65.9 Å². The van der Waals surface area contributed by atoms with E-state index in [0.29, 0.717) is 23.0 Å². The highest BCUT2D eigenvalue weighted by atomic mass is 16.6. The van der Waals surface area contributed by atoms with Gasteiger partial charge in [0, 0.05) is 26.7 Å². The fourth-order valence-corrected chi connectivity index (χ4v) is 3.13. The number of hydrogen-bond acceptors (Lipinski definition) is 8. The molecule has 0 saturated heterocycles. The Morgan fingerprint density at radius 1 is 1.18 bits per heavy atom. The van der Waals surface area contributed by atoms with Crippen LogP contribution in [0.4, 0.5) is 10.8 Å². The van der Waals surface area contributed by atoms with Gasteiger partial charge in [0.25, 0.3) is 6.01 Å². The molecule has 0 unspecified atom stereocenters. The molecule has 10 heteroatoms. The summed E-state index contributed by atoms with van der Waals surface area (Å²) in [6.45, 7) is 10.3. The molecule has 1 heterocycles. The molecule has 2 rings (SSSR count). The SMILES string of the molecule is Cc1c(CNC(=O)OC(C)(C)C)ccc2nc(N[C@@H](C)C(=O)N(C)CCN(C)C)oc(=O)c12. The van der Waals surface area contributed by atoms with Crippen LogP contribution in [0.15, 0.2) is 21.3 Å². The zero-order chi connectivity index (χ0) is 24.9. The van der Waals surface area contributed by atoms with Crippen molar-refractivity contribution in [2.24, 2.45) is 0 Å². The highest BCUT2D eigenvalue weighted by Crippen LogP contribution is 2.20. The first-order chi connectivity index (χ1) is 15.3. The summed E-state index contributed by atoms with van der Waals surface area (Å²) >= 11 is 0. The van der Waals surface area contributed by atoms with Crippen molar-refractivity contribution in [3.05, 3.63) is 33.7 Å². The molecule has 2 N–H and O–H groups in total. The first kappa shape index (κ1) is 26.1. The van der Waals surface area contributed by atoms with Crippen LogP contribution in [0.2, 0.25) is 0 Å². The van der Waals surface area contributed by atoms with E-state index < -0.39 is 23.4 Å². The molecule has 0 fully saturated rings. The van der Waals surface area contributed by atoms with Crippen LogP contribution >= 0.6 is 0 Å². The average Bonchev–Trinajstić information content (AvgIpc) is 2.69. The molecule has 1 atom stereocenters. The number of ether oxygens (including phenoxy) is 1. The van der Waals surface area contributed by atoms with E-state index in [1.165, 1.54) is 0 Å². The van der Waals surface area contributed by atoms with E-state index >= 15 is 0 Å². The number of anilines is 1. The minimum atomic E-state index is -0.622. The van der Waals surface area contributed by atoms with E-state index in [0.717, 1.165) is 12.1 Å². The maximum absolute atomic E-state index is 12.7. The standard InChI is InChI=1S/C23H35N5O5/c1-14-16(13-24-22(31)33-23(3,4)5)9-10-17-18(14)20(30)32-21(26-17)25-15(2)19(29)28(8)12-11-27(6)7/h9-10,15H,11-13H2,1-8H3,(H,24,31)(H,25,26)/t15-/m0/s1. The van der Waals surface area contributed by atoms with Crippen molar-refractivity contribution in [2.75, 3.05) is 39.5 Å². The van der Waals surface area contributed by atoms with Gasteiger partial charge in [-0.15, -0.1) is 0 Å². The number of amides is 2. The third-order valence-corrected chi connectivity index (χ3v) is 4.96. The molecule has 0 spiro atoms. The Kier molecular flexibility index (Phi) is 8.43. The van der Waals surface area contributed by atoms with Crippen molar-refractivity contribution < 1.29 is 18.7 Å². The van der Waals surface area contributed by atoms with Crippen LogP contribution in [0.25, 0.3) is 10.9 Å². The van der Waals surface area contributed by atoms with E-state index in [2.05, 4.69) is 15.6 Å². The molecule has 2 amide bonds.